The Morgan fingerprint density at radius 3 is 2.42 bits per heavy atom. The Labute approximate surface area is 150 Å². The summed E-state index contributed by atoms with van der Waals surface area (Å²) in [5.41, 5.74) is 1.94. The van der Waals surface area contributed by atoms with E-state index in [2.05, 4.69) is 10.3 Å². The third-order valence-electron chi connectivity index (χ3n) is 4.14. The number of amides is 2. The molecule has 0 bridgehead atoms. The van der Waals surface area contributed by atoms with E-state index in [1.54, 1.807) is 5.43 Å². The summed E-state index contributed by atoms with van der Waals surface area (Å²) in [6.45, 7) is 0. The summed E-state index contributed by atoms with van der Waals surface area (Å²) in [4.78, 5) is 38.4. The third kappa shape index (κ3) is 4.82. The summed E-state index contributed by atoms with van der Waals surface area (Å²) < 4.78 is 15.8. The highest BCUT2D eigenvalue weighted by Crippen LogP contribution is 2.31. The smallest absolute Gasteiger partial charge is 0.323 e. The fourth-order valence-electron chi connectivity index (χ4n) is 2.74. The van der Waals surface area contributed by atoms with Crippen LogP contribution >= 0.6 is 0 Å². The van der Waals surface area contributed by atoms with Crippen molar-refractivity contribution in [3.05, 3.63) is 12.3 Å². The maximum atomic E-state index is 11.6. The van der Waals surface area contributed by atoms with Gasteiger partial charge < -0.3 is 19.5 Å². The molecular weight excluding hydrogens is 344 g/mol. The molecule has 0 radical (unpaired) electrons. The number of hydrogen-bond acceptors (Lipinski definition) is 8. The van der Waals surface area contributed by atoms with Crippen molar-refractivity contribution in [3.8, 4) is 11.6 Å². The summed E-state index contributed by atoms with van der Waals surface area (Å²) in [6, 6.07) is 1.52. The minimum absolute atomic E-state index is 0.0726. The first-order valence-corrected chi connectivity index (χ1v) is 8.09. The molecule has 1 fully saturated rings. The lowest BCUT2D eigenvalue weighted by Crippen LogP contribution is -2.39. The molecule has 1 aliphatic rings. The van der Waals surface area contributed by atoms with Crippen molar-refractivity contribution in [2.24, 2.45) is 11.8 Å². The van der Waals surface area contributed by atoms with Crippen molar-refractivity contribution in [2.75, 3.05) is 19.5 Å². The van der Waals surface area contributed by atoms with Crippen LogP contribution in [0.2, 0.25) is 0 Å². The SMILES string of the molecule is COC(=O)C1CCC(Oc2cc(OC)c(NC(=O)C(=O)NN)cn2)CC1. The molecule has 10 heteroatoms. The predicted molar refractivity (Wildman–Crippen MR) is 90.1 cm³/mol. The van der Waals surface area contributed by atoms with E-state index in [0.29, 0.717) is 31.6 Å². The number of nitrogens with two attached hydrogens (primary N) is 1. The van der Waals surface area contributed by atoms with E-state index in [1.165, 1.54) is 26.5 Å². The molecule has 0 spiro atoms. The van der Waals surface area contributed by atoms with Crippen LogP contribution in [0.15, 0.2) is 12.3 Å². The van der Waals surface area contributed by atoms with E-state index in [4.69, 9.17) is 20.1 Å². The zero-order valence-electron chi connectivity index (χ0n) is 14.6. The Hall–Kier alpha value is -2.88. The summed E-state index contributed by atoms with van der Waals surface area (Å²) in [6.07, 6.45) is 4.05. The number of carbonyl (C=O) groups is 3. The summed E-state index contributed by atoms with van der Waals surface area (Å²) in [5, 5.41) is 2.34. The molecule has 2 rings (SSSR count). The van der Waals surface area contributed by atoms with E-state index >= 15 is 0 Å². The Morgan fingerprint density at radius 1 is 1.15 bits per heavy atom. The van der Waals surface area contributed by atoms with Crippen molar-refractivity contribution in [1.82, 2.24) is 10.4 Å². The number of nitrogens with zero attached hydrogens (tertiary/aromatic N) is 1. The first kappa shape index (κ1) is 19.4. The van der Waals surface area contributed by atoms with Crippen LogP contribution in [0.5, 0.6) is 11.6 Å². The maximum Gasteiger partial charge on any atom is 0.323 e. The minimum Gasteiger partial charge on any atom is -0.494 e. The number of carbonyl (C=O) groups excluding carboxylic acids is 3. The highest BCUT2D eigenvalue weighted by atomic mass is 16.5. The minimum atomic E-state index is -0.991. The zero-order valence-corrected chi connectivity index (χ0v) is 14.6. The average Bonchev–Trinajstić information content (AvgIpc) is 2.68. The van der Waals surface area contributed by atoms with Gasteiger partial charge in [0.05, 0.1) is 26.3 Å². The number of hydrogen-bond donors (Lipinski definition) is 3. The van der Waals surface area contributed by atoms with Gasteiger partial charge in [-0.1, -0.05) is 0 Å². The number of ether oxygens (including phenoxy) is 3. The van der Waals surface area contributed by atoms with Gasteiger partial charge in [-0.15, -0.1) is 0 Å². The molecule has 142 valence electrons. The van der Waals surface area contributed by atoms with Crippen molar-refractivity contribution in [3.63, 3.8) is 0 Å². The molecule has 4 N–H and O–H groups in total. The van der Waals surface area contributed by atoms with Gasteiger partial charge in [0.15, 0.2) is 0 Å². The number of aromatic nitrogens is 1. The first-order chi connectivity index (χ1) is 12.5. The fraction of sp³-hybridized carbons (Fsp3) is 0.500. The van der Waals surface area contributed by atoms with Gasteiger partial charge in [-0.2, -0.15) is 0 Å². The molecule has 0 saturated heterocycles. The molecule has 0 atom stereocenters. The summed E-state index contributed by atoms with van der Waals surface area (Å²) in [7, 11) is 2.80. The van der Waals surface area contributed by atoms with Crippen LogP contribution in [-0.4, -0.2) is 43.1 Å². The lowest BCUT2D eigenvalue weighted by molar-refractivity contribution is -0.147. The number of nitrogens with one attached hydrogen (secondary N) is 2. The molecule has 1 aromatic rings. The van der Waals surface area contributed by atoms with Crippen LogP contribution in [0.4, 0.5) is 5.69 Å². The van der Waals surface area contributed by atoms with Crippen LogP contribution < -0.4 is 26.1 Å². The van der Waals surface area contributed by atoms with Crippen molar-refractivity contribution < 1.29 is 28.6 Å². The number of pyridine rings is 1. The monoisotopic (exact) mass is 366 g/mol. The number of anilines is 1. The standard InChI is InChI=1S/C16H22N4O6/c1-24-12-7-13(18-8-11(12)19-14(21)15(22)20-17)26-10-5-3-9(4-6-10)16(23)25-2/h7-10H,3-6,17H2,1-2H3,(H,19,21)(H,20,22). The first-order valence-electron chi connectivity index (χ1n) is 8.09. The van der Waals surface area contributed by atoms with Crippen LogP contribution in [0.25, 0.3) is 0 Å². The molecule has 0 aliphatic heterocycles. The van der Waals surface area contributed by atoms with Gasteiger partial charge in [-0.25, -0.2) is 10.8 Å². The summed E-state index contributed by atoms with van der Waals surface area (Å²) >= 11 is 0. The van der Waals surface area contributed by atoms with Crippen LogP contribution in [0, 0.1) is 5.92 Å². The number of methoxy groups -OCH3 is 2. The lowest BCUT2D eigenvalue weighted by Gasteiger charge is -2.27. The number of hydrazine groups is 1. The Kier molecular flexibility index (Phi) is 6.73. The highest BCUT2D eigenvalue weighted by molar-refractivity contribution is 6.39. The zero-order chi connectivity index (χ0) is 19.1. The summed E-state index contributed by atoms with van der Waals surface area (Å²) in [5.74, 6) is 3.31. The van der Waals surface area contributed by atoms with Crippen molar-refractivity contribution >= 4 is 23.5 Å². The molecule has 10 nitrogen and oxygen atoms in total. The molecule has 1 aromatic heterocycles. The molecule has 1 aliphatic carbocycles. The number of rotatable bonds is 5. The third-order valence-corrected chi connectivity index (χ3v) is 4.14. The lowest BCUT2D eigenvalue weighted by atomic mass is 9.87. The molecule has 26 heavy (non-hydrogen) atoms. The molecule has 2 amide bonds. The van der Waals surface area contributed by atoms with Crippen molar-refractivity contribution in [1.29, 1.82) is 0 Å². The van der Waals surface area contributed by atoms with Gasteiger partial charge >= 0.3 is 17.8 Å². The predicted octanol–water partition coefficient (Wildman–Crippen LogP) is 0.129. The topological polar surface area (TPSA) is 142 Å². The normalized spacial score (nSPS) is 19.2. The molecule has 1 saturated carbocycles. The molecule has 0 unspecified atom stereocenters. The van der Waals surface area contributed by atoms with Gasteiger partial charge in [0, 0.05) is 6.07 Å². The van der Waals surface area contributed by atoms with Crippen LogP contribution in [-0.2, 0) is 19.1 Å². The number of esters is 1. The second-order valence-electron chi connectivity index (χ2n) is 5.77. The van der Waals surface area contributed by atoms with E-state index in [-0.39, 0.29) is 29.4 Å². The highest BCUT2D eigenvalue weighted by Gasteiger charge is 2.28. The van der Waals surface area contributed by atoms with E-state index in [1.807, 2.05) is 0 Å². The second kappa shape index (κ2) is 8.99. The molecule has 1 heterocycles. The van der Waals surface area contributed by atoms with Gasteiger partial charge in [-0.05, 0) is 25.7 Å². The van der Waals surface area contributed by atoms with Gasteiger partial charge in [0.1, 0.15) is 17.5 Å². The second-order valence-corrected chi connectivity index (χ2v) is 5.77. The fourth-order valence-corrected chi connectivity index (χ4v) is 2.74. The van der Waals surface area contributed by atoms with Crippen LogP contribution in [0.1, 0.15) is 25.7 Å². The maximum absolute atomic E-state index is 11.6. The largest absolute Gasteiger partial charge is 0.494 e. The van der Waals surface area contributed by atoms with E-state index < -0.39 is 11.8 Å². The average molecular weight is 366 g/mol. The van der Waals surface area contributed by atoms with Gasteiger partial charge in [0.2, 0.25) is 5.88 Å². The Morgan fingerprint density at radius 2 is 1.85 bits per heavy atom. The Bertz CT molecular complexity index is 673. The van der Waals surface area contributed by atoms with Gasteiger partial charge in [-0.3, -0.25) is 19.8 Å². The molecular formula is C16H22N4O6. The van der Waals surface area contributed by atoms with E-state index in [0.717, 1.165) is 0 Å². The van der Waals surface area contributed by atoms with Crippen LogP contribution in [0.3, 0.4) is 0 Å². The van der Waals surface area contributed by atoms with E-state index in [9.17, 15) is 14.4 Å². The molecule has 0 aromatic carbocycles. The quantitative estimate of drug-likeness (QED) is 0.219. The van der Waals surface area contributed by atoms with Gasteiger partial charge in [0.25, 0.3) is 0 Å². The van der Waals surface area contributed by atoms with Crippen molar-refractivity contribution in [2.45, 2.75) is 31.8 Å². The Balaban J connectivity index is 1.98.